The van der Waals surface area contributed by atoms with Gasteiger partial charge in [0.15, 0.2) is 0 Å². The number of unbranched alkanes of at least 4 members (excludes halogenated alkanes) is 2. The largest absolute Gasteiger partial charge is 0.367 e. The molecule has 4 heteroatoms. The van der Waals surface area contributed by atoms with Gasteiger partial charge in [0.05, 0.1) is 0 Å². The third-order valence-corrected chi connectivity index (χ3v) is 2.15. The second-order valence-electron chi connectivity index (χ2n) is 3.98. The highest BCUT2D eigenvalue weighted by Gasteiger charge is 2.12. The van der Waals surface area contributed by atoms with Crippen molar-refractivity contribution in [3.05, 3.63) is 0 Å². The summed E-state index contributed by atoms with van der Waals surface area (Å²) in [6.45, 7) is 7.08. The molecule has 94 valence electrons. The van der Waals surface area contributed by atoms with Crippen LogP contribution >= 0.6 is 0 Å². The summed E-state index contributed by atoms with van der Waals surface area (Å²) >= 11 is 0. The van der Waals surface area contributed by atoms with Crippen molar-refractivity contribution < 1.29 is 14.4 Å². The van der Waals surface area contributed by atoms with Crippen LogP contribution in [0.2, 0.25) is 0 Å². The number of carbonyl (C=O) groups is 2. The minimum Gasteiger partial charge on any atom is -0.367 e. The quantitative estimate of drug-likeness (QED) is 0.449. The van der Waals surface area contributed by atoms with Gasteiger partial charge in [-0.15, -0.1) is 5.06 Å². The molecule has 0 bridgehead atoms. The normalized spacial score (nSPS) is 10.5. The summed E-state index contributed by atoms with van der Waals surface area (Å²) in [7, 11) is 0. The van der Waals surface area contributed by atoms with Crippen LogP contribution < -0.4 is 0 Å². The Hall–Kier alpha value is -0.900. The third-order valence-electron chi connectivity index (χ3n) is 2.15. The molecule has 0 aliphatic heterocycles. The van der Waals surface area contributed by atoms with Gasteiger partial charge in [0, 0.05) is 13.1 Å². The Morgan fingerprint density at radius 2 is 1.56 bits per heavy atom. The molecular formula is C12H23NO3. The Kier molecular flexibility index (Phi) is 8.81. The van der Waals surface area contributed by atoms with Crippen molar-refractivity contribution in [1.29, 1.82) is 0 Å². The van der Waals surface area contributed by atoms with Gasteiger partial charge in [0.25, 0.3) is 0 Å². The fourth-order valence-electron chi connectivity index (χ4n) is 1.25. The zero-order chi connectivity index (χ0) is 12.4. The number of hydroxylamine groups is 2. The Balaban J connectivity index is 3.97. The minimum absolute atomic E-state index is 0.130. The van der Waals surface area contributed by atoms with E-state index in [1.807, 2.05) is 0 Å². The van der Waals surface area contributed by atoms with Gasteiger partial charge in [-0.1, -0.05) is 26.7 Å². The predicted octanol–water partition coefficient (Wildman–Crippen LogP) is 2.33. The topological polar surface area (TPSA) is 46.6 Å². The Bertz CT molecular complexity index is 208. The highest BCUT2D eigenvalue weighted by atomic mass is 16.7. The maximum absolute atomic E-state index is 11.3. The minimum atomic E-state index is -0.445. The molecule has 0 aromatic heterocycles. The summed E-state index contributed by atoms with van der Waals surface area (Å²) in [5.74, 6) is -0.601. The lowest BCUT2D eigenvalue weighted by atomic mass is 10.3. The zero-order valence-electron chi connectivity index (χ0n) is 10.6. The van der Waals surface area contributed by atoms with E-state index >= 15 is 0 Å². The maximum atomic E-state index is 11.3. The Morgan fingerprint density at radius 3 is 1.94 bits per heavy atom. The van der Waals surface area contributed by atoms with E-state index in [0.29, 0.717) is 0 Å². The second-order valence-corrected chi connectivity index (χ2v) is 3.98. The molecule has 0 N–H and O–H groups in total. The summed E-state index contributed by atoms with van der Waals surface area (Å²) in [5, 5.41) is 1.68. The molecule has 0 fully saturated rings. The number of hydrogen-bond acceptors (Lipinski definition) is 4. The van der Waals surface area contributed by atoms with Crippen LogP contribution in [0.1, 0.15) is 52.9 Å². The first-order valence-electron chi connectivity index (χ1n) is 6.05. The third kappa shape index (κ3) is 8.41. The van der Waals surface area contributed by atoms with Gasteiger partial charge in [0.2, 0.25) is 0 Å². The molecule has 0 unspecified atom stereocenters. The summed E-state index contributed by atoms with van der Waals surface area (Å²) < 4.78 is 0. The monoisotopic (exact) mass is 229 g/mol. The molecule has 0 atom stereocenters. The van der Waals surface area contributed by atoms with E-state index in [1.165, 1.54) is 6.92 Å². The summed E-state index contributed by atoms with van der Waals surface area (Å²) in [6.07, 6.45) is 3.99. The van der Waals surface area contributed by atoms with E-state index in [1.54, 1.807) is 5.06 Å². The van der Waals surface area contributed by atoms with Gasteiger partial charge in [-0.3, -0.25) is 4.79 Å². The number of rotatable bonds is 9. The van der Waals surface area contributed by atoms with Crippen molar-refractivity contribution in [2.75, 3.05) is 13.1 Å². The molecule has 16 heavy (non-hydrogen) atoms. The van der Waals surface area contributed by atoms with E-state index in [-0.39, 0.29) is 12.2 Å². The molecule has 0 saturated carbocycles. The highest BCUT2D eigenvalue weighted by molar-refractivity contribution is 5.93. The summed E-state index contributed by atoms with van der Waals surface area (Å²) in [4.78, 5) is 27.2. The van der Waals surface area contributed by atoms with Crippen molar-refractivity contribution in [3.8, 4) is 0 Å². The van der Waals surface area contributed by atoms with Gasteiger partial charge in [-0.2, -0.15) is 0 Å². The number of Topliss-reactive ketones (excluding diaryl/α,β-unsaturated/α-hetero) is 1. The molecule has 0 rings (SSSR count). The van der Waals surface area contributed by atoms with Crippen LogP contribution in [-0.4, -0.2) is 29.9 Å². The van der Waals surface area contributed by atoms with Crippen LogP contribution in [0.15, 0.2) is 0 Å². The van der Waals surface area contributed by atoms with Crippen LogP contribution in [0.25, 0.3) is 0 Å². The van der Waals surface area contributed by atoms with E-state index in [9.17, 15) is 9.59 Å². The van der Waals surface area contributed by atoms with Crippen molar-refractivity contribution in [2.24, 2.45) is 0 Å². The van der Waals surface area contributed by atoms with Gasteiger partial charge < -0.3 is 4.84 Å². The number of hydrogen-bond donors (Lipinski definition) is 0. The first-order valence-corrected chi connectivity index (χ1v) is 6.05. The molecule has 0 aromatic rings. The molecule has 0 saturated heterocycles. The number of carbonyl (C=O) groups excluding carboxylic acids is 2. The van der Waals surface area contributed by atoms with Crippen molar-refractivity contribution in [1.82, 2.24) is 5.06 Å². The van der Waals surface area contributed by atoms with Crippen LogP contribution in [-0.2, 0) is 14.4 Å². The average Bonchev–Trinajstić information content (AvgIpc) is 2.20. The number of ketones is 1. The fraction of sp³-hybridized carbons (Fsp3) is 0.833. The smallest absolute Gasteiger partial charge is 0.332 e. The predicted molar refractivity (Wildman–Crippen MR) is 62.8 cm³/mol. The van der Waals surface area contributed by atoms with Gasteiger partial charge in [-0.05, 0) is 19.8 Å². The van der Waals surface area contributed by atoms with E-state index in [2.05, 4.69) is 13.8 Å². The molecule has 0 amide bonds. The van der Waals surface area contributed by atoms with Crippen molar-refractivity contribution in [3.63, 3.8) is 0 Å². The van der Waals surface area contributed by atoms with Crippen molar-refractivity contribution in [2.45, 2.75) is 52.9 Å². The lowest BCUT2D eigenvalue weighted by Crippen LogP contribution is -2.30. The molecule has 0 heterocycles. The Morgan fingerprint density at radius 1 is 1.06 bits per heavy atom. The molecule has 0 aromatic carbocycles. The first kappa shape index (κ1) is 15.1. The van der Waals surface area contributed by atoms with E-state index in [4.69, 9.17) is 4.84 Å². The second kappa shape index (κ2) is 9.33. The standard InChI is InChI=1S/C12H23NO3/c1-4-6-8-13(9-7-5-2)16-12(15)10-11(3)14/h4-10H2,1-3H3. The van der Waals surface area contributed by atoms with Gasteiger partial charge in [0.1, 0.15) is 12.2 Å². The van der Waals surface area contributed by atoms with Crippen LogP contribution in [0.5, 0.6) is 0 Å². The van der Waals surface area contributed by atoms with Gasteiger partial charge >= 0.3 is 5.97 Å². The summed E-state index contributed by atoms with van der Waals surface area (Å²) in [5.41, 5.74) is 0. The van der Waals surface area contributed by atoms with Crippen molar-refractivity contribution >= 4 is 11.8 Å². The van der Waals surface area contributed by atoms with E-state index in [0.717, 1.165) is 38.8 Å². The van der Waals surface area contributed by atoms with E-state index < -0.39 is 5.97 Å². The molecule has 0 aliphatic rings. The zero-order valence-corrected chi connectivity index (χ0v) is 10.6. The van der Waals surface area contributed by atoms with Crippen LogP contribution in [0.4, 0.5) is 0 Å². The first-order chi connectivity index (χ1) is 7.60. The SMILES string of the molecule is CCCCN(CCCC)OC(=O)CC(C)=O. The lowest BCUT2D eigenvalue weighted by molar-refractivity contribution is -0.191. The molecule has 0 spiro atoms. The fourth-order valence-corrected chi connectivity index (χ4v) is 1.25. The summed E-state index contributed by atoms with van der Waals surface area (Å²) in [6, 6.07) is 0. The molecular weight excluding hydrogens is 206 g/mol. The van der Waals surface area contributed by atoms with Gasteiger partial charge in [-0.25, -0.2) is 4.79 Å². The lowest BCUT2D eigenvalue weighted by Gasteiger charge is -2.20. The molecule has 0 aliphatic carbocycles. The molecule has 4 nitrogen and oxygen atoms in total. The highest BCUT2D eigenvalue weighted by Crippen LogP contribution is 2.02. The average molecular weight is 229 g/mol. The van der Waals surface area contributed by atoms with Crippen LogP contribution in [0.3, 0.4) is 0 Å². The Labute approximate surface area is 97.9 Å². The van der Waals surface area contributed by atoms with Crippen LogP contribution in [0, 0.1) is 0 Å². The molecule has 0 radical (unpaired) electrons. The maximum Gasteiger partial charge on any atom is 0.332 e. The number of nitrogens with zero attached hydrogens (tertiary/aromatic N) is 1.